The van der Waals surface area contributed by atoms with Gasteiger partial charge in [-0.2, -0.15) is 0 Å². The van der Waals surface area contributed by atoms with Crippen LogP contribution in [0.5, 0.6) is 0 Å². The highest BCUT2D eigenvalue weighted by Crippen LogP contribution is 2.20. The molecule has 0 aliphatic carbocycles. The summed E-state index contributed by atoms with van der Waals surface area (Å²) in [5.74, 6) is -1.18. The van der Waals surface area contributed by atoms with Crippen LogP contribution in [-0.4, -0.2) is 16.9 Å². The fraction of sp³-hybridized carbons (Fsp3) is 0. The molecule has 3 aromatic rings. The molecule has 3 aromatic carbocycles. The van der Waals surface area contributed by atoms with Crippen LogP contribution < -0.4 is 0 Å². The van der Waals surface area contributed by atoms with E-state index in [1.165, 1.54) is 18.2 Å². The van der Waals surface area contributed by atoms with Crippen LogP contribution in [-0.2, 0) is 0 Å². The molecule has 0 heterocycles. The summed E-state index contributed by atoms with van der Waals surface area (Å²) in [7, 11) is 0. The van der Waals surface area contributed by atoms with Crippen molar-refractivity contribution in [3.8, 4) is 11.1 Å². The van der Waals surface area contributed by atoms with Crippen molar-refractivity contribution < 1.29 is 14.7 Å². The van der Waals surface area contributed by atoms with E-state index in [1.807, 2.05) is 42.5 Å². The summed E-state index contributed by atoms with van der Waals surface area (Å²) in [5, 5.41) is 9.17. The van der Waals surface area contributed by atoms with E-state index >= 15 is 0 Å². The Morgan fingerprint density at radius 1 is 0.720 bits per heavy atom. The van der Waals surface area contributed by atoms with Gasteiger partial charge in [-0.05, 0) is 28.8 Å². The predicted octanol–water partition coefficient (Wildman–Crippen LogP) is 4.95. The van der Waals surface area contributed by atoms with E-state index in [-0.39, 0.29) is 11.3 Å². The summed E-state index contributed by atoms with van der Waals surface area (Å²) < 4.78 is 0. The zero-order valence-electron chi connectivity index (χ0n) is 13.4. The maximum Gasteiger partial charge on any atom is 0.336 e. The van der Waals surface area contributed by atoms with Gasteiger partial charge >= 0.3 is 5.97 Å². The summed E-state index contributed by atoms with van der Waals surface area (Å²) in [6.07, 6.45) is 2.94. The fourth-order valence-electron chi connectivity index (χ4n) is 2.56. The van der Waals surface area contributed by atoms with Crippen LogP contribution in [0.1, 0.15) is 26.3 Å². The maximum atomic E-state index is 12.3. The lowest BCUT2D eigenvalue weighted by atomic mass is 10.0. The Bertz CT molecular complexity index is 923. The summed E-state index contributed by atoms with van der Waals surface area (Å²) in [6, 6.07) is 23.9. The Kier molecular flexibility index (Phi) is 4.86. The lowest BCUT2D eigenvalue weighted by molar-refractivity contribution is 0.0696. The molecule has 0 unspecified atom stereocenters. The van der Waals surface area contributed by atoms with Crippen LogP contribution in [0.4, 0.5) is 0 Å². The van der Waals surface area contributed by atoms with Crippen LogP contribution in [0.15, 0.2) is 84.9 Å². The number of carbonyl (C=O) groups is 2. The standard InChI is InChI=1S/C22H16O3/c23-21(15-14-18-8-4-5-9-20(18)22(24)25)19-12-10-17(11-13-19)16-6-2-1-3-7-16/h1-15H,(H,24,25). The first kappa shape index (κ1) is 16.4. The lowest BCUT2D eigenvalue weighted by Gasteiger charge is -2.03. The molecule has 0 bridgehead atoms. The number of rotatable bonds is 5. The third-order valence-electron chi connectivity index (χ3n) is 3.88. The molecule has 3 nitrogen and oxygen atoms in total. The molecular formula is C22H16O3. The van der Waals surface area contributed by atoms with Crippen LogP contribution in [0.2, 0.25) is 0 Å². The molecule has 0 radical (unpaired) electrons. The molecule has 122 valence electrons. The van der Waals surface area contributed by atoms with Crippen LogP contribution in [0.25, 0.3) is 17.2 Å². The van der Waals surface area contributed by atoms with Crippen molar-refractivity contribution in [2.75, 3.05) is 0 Å². The monoisotopic (exact) mass is 328 g/mol. The minimum atomic E-state index is -1.01. The lowest BCUT2D eigenvalue weighted by Crippen LogP contribution is -1.99. The van der Waals surface area contributed by atoms with Gasteiger partial charge in [0.05, 0.1) is 5.56 Å². The second-order valence-electron chi connectivity index (χ2n) is 5.53. The van der Waals surface area contributed by atoms with E-state index in [0.717, 1.165) is 11.1 Å². The van der Waals surface area contributed by atoms with Crippen molar-refractivity contribution in [1.29, 1.82) is 0 Å². The van der Waals surface area contributed by atoms with E-state index in [2.05, 4.69) is 0 Å². The third kappa shape index (κ3) is 3.90. The SMILES string of the molecule is O=C(C=Cc1ccccc1C(=O)O)c1ccc(-c2ccccc2)cc1. The Morgan fingerprint density at radius 2 is 1.32 bits per heavy atom. The molecule has 0 amide bonds. The zero-order valence-corrected chi connectivity index (χ0v) is 13.4. The molecule has 0 fully saturated rings. The van der Waals surface area contributed by atoms with Crippen LogP contribution in [0, 0.1) is 0 Å². The topological polar surface area (TPSA) is 54.4 Å². The number of carboxylic acids is 1. The minimum Gasteiger partial charge on any atom is -0.478 e. The van der Waals surface area contributed by atoms with Gasteiger partial charge in [-0.1, -0.05) is 78.9 Å². The van der Waals surface area contributed by atoms with Gasteiger partial charge in [-0.25, -0.2) is 4.79 Å². The Hall–Kier alpha value is -3.46. The number of hydrogen-bond donors (Lipinski definition) is 1. The normalized spacial score (nSPS) is 10.7. The number of ketones is 1. The van der Waals surface area contributed by atoms with Gasteiger partial charge < -0.3 is 5.11 Å². The van der Waals surface area contributed by atoms with Crippen molar-refractivity contribution in [3.05, 3.63) is 102 Å². The summed E-state index contributed by atoms with van der Waals surface area (Å²) in [5.41, 5.74) is 3.36. The predicted molar refractivity (Wildman–Crippen MR) is 98.6 cm³/mol. The zero-order chi connectivity index (χ0) is 17.6. The van der Waals surface area contributed by atoms with Crippen molar-refractivity contribution in [2.45, 2.75) is 0 Å². The smallest absolute Gasteiger partial charge is 0.336 e. The molecule has 0 aliphatic rings. The molecule has 0 spiro atoms. The molecule has 3 heteroatoms. The van der Waals surface area contributed by atoms with E-state index < -0.39 is 5.97 Å². The van der Waals surface area contributed by atoms with Crippen LogP contribution >= 0.6 is 0 Å². The average molecular weight is 328 g/mol. The van der Waals surface area contributed by atoms with Gasteiger partial charge in [0.2, 0.25) is 0 Å². The van der Waals surface area contributed by atoms with Gasteiger partial charge in [-0.15, -0.1) is 0 Å². The first-order chi connectivity index (χ1) is 12.1. The molecule has 0 atom stereocenters. The van der Waals surface area contributed by atoms with Crippen LogP contribution in [0.3, 0.4) is 0 Å². The second-order valence-corrected chi connectivity index (χ2v) is 5.53. The largest absolute Gasteiger partial charge is 0.478 e. The molecule has 0 aromatic heterocycles. The van der Waals surface area contributed by atoms with Gasteiger partial charge in [0, 0.05) is 5.56 Å². The number of carboxylic acid groups (broad SMARTS) is 1. The average Bonchev–Trinajstić information content (AvgIpc) is 2.67. The quantitative estimate of drug-likeness (QED) is 0.533. The molecule has 0 aliphatic heterocycles. The Labute approximate surface area is 145 Å². The number of aromatic carboxylic acids is 1. The van der Waals surface area contributed by atoms with E-state index in [0.29, 0.717) is 11.1 Å². The van der Waals surface area contributed by atoms with Gasteiger partial charge in [0.15, 0.2) is 5.78 Å². The highest BCUT2D eigenvalue weighted by atomic mass is 16.4. The number of carbonyl (C=O) groups excluding carboxylic acids is 1. The van der Waals surface area contributed by atoms with E-state index in [1.54, 1.807) is 30.3 Å². The van der Waals surface area contributed by atoms with Crippen molar-refractivity contribution >= 4 is 17.8 Å². The Morgan fingerprint density at radius 3 is 2.00 bits per heavy atom. The number of hydrogen-bond acceptors (Lipinski definition) is 2. The van der Waals surface area contributed by atoms with Gasteiger partial charge in [-0.3, -0.25) is 4.79 Å². The highest BCUT2D eigenvalue weighted by molar-refractivity contribution is 6.07. The van der Waals surface area contributed by atoms with Gasteiger partial charge in [0.1, 0.15) is 0 Å². The van der Waals surface area contributed by atoms with Crippen molar-refractivity contribution in [3.63, 3.8) is 0 Å². The Balaban J connectivity index is 1.79. The number of benzene rings is 3. The first-order valence-electron chi connectivity index (χ1n) is 7.85. The molecule has 0 saturated carbocycles. The summed E-state index contributed by atoms with van der Waals surface area (Å²) in [6.45, 7) is 0. The summed E-state index contributed by atoms with van der Waals surface area (Å²) >= 11 is 0. The molecule has 3 rings (SSSR count). The second kappa shape index (κ2) is 7.41. The fourth-order valence-corrected chi connectivity index (χ4v) is 2.56. The number of allylic oxidation sites excluding steroid dienone is 1. The molecule has 0 saturated heterocycles. The highest BCUT2D eigenvalue weighted by Gasteiger charge is 2.07. The van der Waals surface area contributed by atoms with E-state index in [9.17, 15) is 9.59 Å². The molecule has 1 N–H and O–H groups in total. The molecule has 25 heavy (non-hydrogen) atoms. The van der Waals surface area contributed by atoms with E-state index in [4.69, 9.17) is 5.11 Å². The van der Waals surface area contributed by atoms with Crippen molar-refractivity contribution in [2.24, 2.45) is 0 Å². The molecular weight excluding hydrogens is 312 g/mol. The van der Waals surface area contributed by atoms with Crippen molar-refractivity contribution in [1.82, 2.24) is 0 Å². The summed E-state index contributed by atoms with van der Waals surface area (Å²) in [4.78, 5) is 23.5. The minimum absolute atomic E-state index is 0.167. The third-order valence-corrected chi connectivity index (χ3v) is 3.88. The van der Waals surface area contributed by atoms with Gasteiger partial charge in [0.25, 0.3) is 0 Å². The first-order valence-corrected chi connectivity index (χ1v) is 7.85. The maximum absolute atomic E-state index is 12.3.